The van der Waals surface area contributed by atoms with E-state index in [4.69, 9.17) is 9.47 Å². The zero-order valence-electron chi connectivity index (χ0n) is 17.0. The van der Waals surface area contributed by atoms with E-state index >= 15 is 0 Å². The van der Waals surface area contributed by atoms with Crippen LogP contribution in [-0.2, 0) is 11.3 Å². The van der Waals surface area contributed by atoms with E-state index in [-0.39, 0.29) is 5.91 Å². The van der Waals surface area contributed by atoms with Gasteiger partial charge in [0.1, 0.15) is 0 Å². The summed E-state index contributed by atoms with van der Waals surface area (Å²) in [4.78, 5) is 12.0. The maximum atomic E-state index is 12.0. The molecule has 2 aromatic rings. The number of benzene rings is 2. The quantitative estimate of drug-likeness (QED) is 0.478. The highest BCUT2D eigenvalue weighted by Gasteiger charge is 2.12. The van der Waals surface area contributed by atoms with Crippen LogP contribution in [0.5, 0.6) is 11.5 Å². The van der Waals surface area contributed by atoms with Crippen molar-refractivity contribution < 1.29 is 14.3 Å². The molecule has 0 atom stereocenters. The van der Waals surface area contributed by atoms with Crippen LogP contribution in [0.15, 0.2) is 40.9 Å². The highest BCUT2D eigenvalue weighted by molar-refractivity contribution is 9.10. The van der Waals surface area contributed by atoms with Gasteiger partial charge in [-0.15, -0.1) is 0 Å². The highest BCUT2D eigenvalue weighted by atomic mass is 79.9. The Balaban J connectivity index is 2.04. The van der Waals surface area contributed by atoms with Crippen molar-refractivity contribution in [3.05, 3.63) is 46.4 Å². The summed E-state index contributed by atoms with van der Waals surface area (Å²) >= 11 is 3.57. The lowest BCUT2D eigenvalue weighted by Crippen LogP contribution is -2.13. The third-order valence-electron chi connectivity index (χ3n) is 3.98. The van der Waals surface area contributed by atoms with E-state index in [1.807, 2.05) is 50.2 Å². The Bertz CT molecular complexity index is 793. The summed E-state index contributed by atoms with van der Waals surface area (Å²) in [6.45, 7) is 7.39. The van der Waals surface area contributed by atoms with Gasteiger partial charge >= 0.3 is 0 Å². The van der Waals surface area contributed by atoms with Gasteiger partial charge in [-0.25, -0.2) is 0 Å². The third-order valence-corrected chi connectivity index (χ3v) is 4.57. The summed E-state index contributed by atoms with van der Waals surface area (Å²) in [5.74, 6) is 1.79. The van der Waals surface area contributed by atoms with Crippen molar-refractivity contribution in [2.24, 2.45) is 5.92 Å². The van der Waals surface area contributed by atoms with Crippen molar-refractivity contribution in [3.8, 4) is 11.5 Å². The number of halogens is 1. The Kier molecular flexibility index (Phi) is 8.64. The molecule has 0 aliphatic carbocycles. The molecule has 5 nitrogen and oxygen atoms in total. The summed E-state index contributed by atoms with van der Waals surface area (Å²) in [6, 6.07) is 11.7. The van der Waals surface area contributed by atoms with Crippen molar-refractivity contribution in [3.63, 3.8) is 0 Å². The zero-order chi connectivity index (χ0) is 20.5. The Morgan fingerprint density at radius 3 is 2.61 bits per heavy atom. The number of methoxy groups -OCH3 is 1. The van der Waals surface area contributed by atoms with Crippen molar-refractivity contribution in [1.29, 1.82) is 0 Å². The van der Waals surface area contributed by atoms with Crippen molar-refractivity contribution in [2.45, 2.75) is 40.2 Å². The van der Waals surface area contributed by atoms with Crippen LogP contribution in [-0.4, -0.2) is 19.6 Å². The molecule has 0 heterocycles. The SMILES string of the molecule is CCCOc1c(Br)cc(CNc2cccc(NC(=O)CC(C)C)c2)cc1OC. The molecule has 0 fully saturated rings. The van der Waals surface area contributed by atoms with Gasteiger partial charge in [0.2, 0.25) is 5.91 Å². The molecule has 0 aliphatic heterocycles. The molecule has 2 rings (SSSR count). The van der Waals surface area contributed by atoms with Crippen LogP contribution >= 0.6 is 15.9 Å². The molecule has 1 amide bonds. The molecule has 28 heavy (non-hydrogen) atoms. The van der Waals surface area contributed by atoms with Gasteiger partial charge in [0, 0.05) is 24.3 Å². The number of carbonyl (C=O) groups excluding carboxylic acids is 1. The number of amides is 1. The van der Waals surface area contributed by atoms with Gasteiger partial charge in [0.15, 0.2) is 11.5 Å². The fraction of sp³-hybridized carbons (Fsp3) is 0.409. The molecule has 0 unspecified atom stereocenters. The first-order valence-corrected chi connectivity index (χ1v) is 10.3. The van der Waals surface area contributed by atoms with Crippen LogP contribution in [0.1, 0.15) is 39.2 Å². The minimum Gasteiger partial charge on any atom is -0.493 e. The lowest BCUT2D eigenvalue weighted by molar-refractivity contribution is -0.116. The Morgan fingerprint density at radius 1 is 1.18 bits per heavy atom. The maximum Gasteiger partial charge on any atom is 0.224 e. The molecular formula is C22H29BrN2O3. The molecule has 0 aliphatic rings. The predicted molar refractivity (Wildman–Crippen MR) is 118 cm³/mol. The van der Waals surface area contributed by atoms with Gasteiger partial charge < -0.3 is 20.1 Å². The minimum atomic E-state index is 0.0310. The van der Waals surface area contributed by atoms with Gasteiger partial charge in [0.25, 0.3) is 0 Å². The molecule has 0 saturated heterocycles. The summed E-state index contributed by atoms with van der Waals surface area (Å²) in [5.41, 5.74) is 2.78. The number of hydrogen-bond acceptors (Lipinski definition) is 4. The van der Waals surface area contributed by atoms with Crippen LogP contribution in [0.25, 0.3) is 0 Å². The first-order chi connectivity index (χ1) is 13.4. The second kappa shape index (κ2) is 11.0. The van der Waals surface area contributed by atoms with Crippen LogP contribution < -0.4 is 20.1 Å². The monoisotopic (exact) mass is 448 g/mol. The molecule has 0 spiro atoms. The fourth-order valence-electron chi connectivity index (χ4n) is 2.71. The normalized spacial score (nSPS) is 10.6. The van der Waals surface area contributed by atoms with Crippen molar-refractivity contribution >= 4 is 33.2 Å². The summed E-state index contributed by atoms with van der Waals surface area (Å²) in [5, 5.41) is 6.33. The summed E-state index contributed by atoms with van der Waals surface area (Å²) < 4.78 is 12.1. The lowest BCUT2D eigenvalue weighted by Gasteiger charge is -2.15. The summed E-state index contributed by atoms with van der Waals surface area (Å²) in [6.07, 6.45) is 1.45. The van der Waals surface area contributed by atoms with E-state index in [9.17, 15) is 4.79 Å². The Labute approximate surface area is 175 Å². The minimum absolute atomic E-state index is 0.0310. The van der Waals surface area contributed by atoms with E-state index in [0.29, 0.717) is 31.2 Å². The largest absolute Gasteiger partial charge is 0.493 e. The van der Waals surface area contributed by atoms with Crippen LogP contribution in [0.2, 0.25) is 0 Å². The molecule has 0 radical (unpaired) electrons. The molecule has 0 saturated carbocycles. The van der Waals surface area contributed by atoms with Crippen molar-refractivity contribution in [1.82, 2.24) is 0 Å². The number of rotatable bonds is 10. The molecule has 2 aromatic carbocycles. The van der Waals surface area contributed by atoms with Gasteiger partial charge in [0.05, 0.1) is 18.2 Å². The topological polar surface area (TPSA) is 59.6 Å². The lowest BCUT2D eigenvalue weighted by atomic mass is 10.1. The molecule has 2 N–H and O–H groups in total. The first-order valence-electron chi connectivity index (χ1n) is 9.56. The molecular weight excluding hydrogens is 420 g/mol. The number of ether oxygens (including phenoxy) is 2. The average molecular weight is 449 g/mol. The number of nitrogens with one attached hydrogen (secondary N) is 2. The Hall–Kier alpha value is -2.21. The molecule has 152 valence electrons. The third kappa shape index (κ3) is 6.75. The van der Waals surface area contributed by atoms with Crippen molar-refractivity contribution in [2.75, 3.05) is 24.4 Å². The van der Waals surface area contributed by atoms with E-state index in [1.54, 1.807) is 7.11 Å². The second-order valence-electron chi connectivity index (χ2n) is 7.04. The molecule has 0 bridgehead atoms. The van der Waals surface area contributed by atoms with Gasteiger partial charge in [-0.2, -0.15) is 0 Å². The van der Waals surface area contributed by atoms with Crippen LogP contribution in [0.4, 0.5) is 11.4 Å². The fourth-order valence-corrected chi connectivity index (χ4v) is 3.32. The van der Waals surface area contributed by atoms with E-state index in [0.717, 1.165) is 33.6 Å². The highest BCUT2D eigenvalue weighted by Crippen LogP contribution is 2.37. The van der Waals surface area contributed by atoms with Crippen LogP contribution in [0, 0.1) is 5.92 Å². The second-order valence-corrected chi connectivity index (χ2v) is 7.89. The maximum absolute atomic E-state index is 12.0. The zero-order valence-corrected chi connectivity index (χ0v) is 18.6. The molecule has 6 heteroatoms. The van der Waals surface area contributed by atoms with E-state index < -0.39 is 0 Å². The van der Waals surface area contributed by atoms with E-state index in [2.05, 4.69) is 33.5 Å². The average Bonchev–Trinajstić information content (AvgIpc) is 2.64. The standard InChI is InChI=1S/C22H29BrN2O3/c1-5-9-28-22-19(23)11-16(12-20(22)27-4)14-24-17-7-6-8-18(13-17)25-21(26)10-15(2)3/h6-8,11-13,15,24H,5,9-10,14H2,1-4H3,(H,25,26). The first kappa shape index (κ1) is 22.1. The summed E-state index contributed by atoms with van der Waals surface area (Å²) in [7, 11) is 1.64. The number of hydrogen-bond donors (Lipinski definition) is 2. The number of carbonyl (C=O) groups is 1. The van der Waals surface area contributed by atoms with Gasteiger partial charge in [-0.05, 0) is 64.2 Å². The van der Waals surface area contributed by atoms with E-state index in [1.165, 1.54) is 0 Å². The smallest absolute Gasteiger partial charge is 0.224 e. The van der Waals surface area contributed by atoms with Crippen LogP contribution in [0.3, 0.4) is 0 Å². The predicted octanol–water partition coefficient (Wildman–Crippen LogP) is 5.84. The number of anilines is 2. The Morgan fingerprint density at radius 2 is 1.93 bits per heavy atom. The van der Waals surface area contributed by atoms with Gasteiger partial charge in [-0.1, -0.05) is 26.8 Å². The molecule has 0 aromatic heterocycles. The van der Waals surface area contributed by atoms with Gasteiger partial charge in [-0.3, -0.25) is 4.79 Å².